The molecule has 0 bridgehead atoms. The van der Waals surface area contributed by atoms with Crippen molar-refractivity contribution in [3.05, 3.63) is 35.8 Å². The molecule has 4 atom stereocenters. The van der Waals surface area contributed by atoms with Crippen LogP contribution < -0.4 is 10.6 Å². The van der Waals surface area contributed by atoms with E-state index in [4.69, 9.17) is 7.48 Å². The van der Waals surface area contributed by atoms with Gasteiger partial charge >= 0.3 is 0 Å². The number of halogens is 3. The molecule has 0 radical (unpaired) electrons. The SMILES string of the molecule is [2H]C1CC([2H])(Nc2ncc3nc(Nc4c(F)cc(F)cc4F)n(C4CCOC4)c3n2)CCC1O. The van der Waals surface area contributed by atoms with Gasteiger partial charge in [0.1, 0.15) is 17.0 Å². The summed E-state index contributed by atoms with van der Waals surface area (Å²) in [5.74, 6) is -3.01. The van der Waals surface area contributed by atoms with Crippen LogP contribution in [0, 0.1) is 17.5 Å². The Balaban J connectivity index is 1.52. The van der Waals surface area contributed by atoms with Crippen LogP contribution in [0.2, 0.25) is 0 Å². The number of hydrogen-bond donors (Lipinski definition) is 3. The Morgan fingerprint density at radius 2 is 1.97 bits per heavy atom. The predicted molar refractivity (Wildman–Crippen MR) is 111 cm³/mol. The number of nitrogens with one attached hydrogen (secondary N) is 2. The first-order chi connectivity index (χ1) is 16.2. The van der Waals surface area contributed by atoms with Crippen molar-refractivity contribution in [1.82, 2.24) is 19.5 Å². The number of nitrogens with zero attached hydrogens (tertiary/aromatic N) is 4. The Labute approximate surface area is 184 Å². The molecule has 11 heteroatoms. The third-order valence-corrected chi connectivity index (χ3v) is 5.61. The summed E-state index contributed by atoms with van der Waals surface area (Å²) in [5, 5.41) is 15.4. The minimum Gasteiger partial charge on any atom is -0.393 e. The molecule has 2 fully saturated rings. The summed E-state index contributed by atoms with van der Waals surface area (Å²) in [4.78, 5) is 13.1. The molecule has 1 saturated heterocycles. The van der Waals surface area contributed by atoms with E-state index in [9.17, 15) is 18.3 Å². The molecular formula is C21H23F3N6O2. The summed E-state index contributed by atoms with van der Waals surface area (Å²) in [6, 6.07) is -0.294. The van der Waals surface area contributed by atoms with Crippen LogP contribution in [0.3, 0.4) is 0 Å². The highest BCUT2D eigenvalue weighted by molar-refractivity contribution is 5.76. The molecule has 8 nitrogen and oxygen atoms in total. The summed E-state index contributed by atoms with van der Waals surface area (Å²) in [6.45, 7) is 0.824. The summed E-state index contributed by atoms with van der Waals surface area (Å²) < 4.78 is 65.7. The summed E-state index contributed by atoms with van der Waals surface area (Å²) in [6.07, 6.45) is 1.21. The van der Waals surface area contributed by atoms with Crippen LogP contribution in [0.25, 0.3) is 11.2 Å². The highest BCUT2D eigenvalue weighted by Gasteiger charge is 2.27. The van der Waals surface area contributed by atoms with Gasteiger partial charge in [-0.1, -0.05) is 0 Å². The number of benzene rings is 1. The van der Waals surface area contributed by atoms with Gasteiger partial charge in [-0.3, -0.25) is 4.57 Å². The molecule has 1 saturated carbocycles. The Morgan fingerprint density at radius 1 is 1.16 bits per heavy atom. The average molecular weight is 450 g/mol. The fraction of sp³-hybridized carbons (Fsp3) is 0.476. The molecule has 1 aromatic carbocycles. The number of aliphatic hydroxyl groups is 1. The molecule has 0 spiro atoms. The molecule has 3 heterocycles. The number of hydrogen-bond acceptors (Lipinski definition) is 7. The van der Waals surface area contributed by atoms with Crippen molar-refractivity contribution in [2.24, 2.45) is 0 Å². The fourth-order valence-electron chi connectivity index (χ4n) is 3.98. The highest BCUT2D eigenvalue weighted by Crippen LogP contribution is 2.32. The number of ether oxygens (including phenoxy) is 1. The molecular weight excluding hydrogens is 425 g/mol. The van der Waals surface area contributed by atoms with Gasteiger partial charge in [-0.05, 0) is 32.1 Å². The molecule has 32 heavy (non-hydrogen) atoms. The van der Waals surface area contributed by atoms with E-state index in [1.165, 1.54) is 6.20 Å². The Hall–Kier alpha value is -2.92. The van der Waals surface area contributed by atoms with E-state index in [-0.39, 0.29) is 24.4 Å². The maximum absolute atomic E-state index is 14.3. The summed E-state index contributed by atoms with van der Waals surface area (Å²) in [7, 11) is 0. The number of fused-ring (bicyclic) bond motifs is 1. The van der Waals surface area contributed by atoms with Crippen molar-refractivity contribution in [3.8, 4) is 0 Å². The van der Waals surface area contributed by atoms with Crippen molar-refractivity contribution in [3.63, 3.8) is 0 Å². The van der Waals surface area contributed by atoms with Gasteiger partial charge in [0.15, 0.2) is 17.3 Å². The van der Waals surface area contributed by atoms with Crippen molar-refractivity contribution < 1.29 is 25.8 Å². The molecule has 2 aliphatic rings. The second-order valence-corrected chi connectivity index (χ2v) is 7.87. The number of aromatic nitrogens is 4. The molecule has 2 aromatic heterocycles. The van der Waals surface area contributed by atoms with E-state index in [0.717, 1.165) is 0 Å². The zero-order valence-electron chi connectivity index (χ0n) is 19.0. The quantitative estimate of drug-likeness (QED) is 0.546. The van der Waals surface area contributed by atoms with Crippen LogP contribution in [-0.4, -0.2) is 50.0 Å². The average Bonchev–Trinajstić information content (AvgIpc) is 3.40. The van der Waals surface area contributed by atoms with Gasteiger partial charge in [0, 0.05) is 26.1 Å². The largest absolute Gasteiger partial charge is 0.393 e. The Kier molecular flexibility index (Phi) is 4.98. The predicted octanol–water partition coefficient (Wildman–Crippen LogP) is 3.66. The Morgan fingerprint density at radius 3 is 2.69 bits per heavy atom. The second-order valence-electron chi connectivity index (χ2n) is 7.87. The van der Waals surface area contributed by atoms with Crippen LogP contribution >= 0.6 is 0 Å². The summed E-state index contributed by atoms with van der Waals surface area (Å²) >= 11 is 0. The van der Waals surface area contributed by atoms with Gasteiger partial charge in [0.25, 0.3) is 0 Å². The van der Waals surface area contributed by atoms with Crippen molar-refractivity contribution in [2.45, 2.75) is 50.2 Å². The fourth-order valence-corrected chi connectivity index (χ4v) is 3.98. The highest BCUT2D eigenvalue weighted by atomic mass is 19.1. The number of aliphatic hydroxyl groups excluding tert-OH is 1. The van der Waals surface area contributed by atoms with E-state index >= 15 is 0 Å². The molecule has 1 aliphatic heterocycles. The van der Waals surface area contributed by atoms with E-state index < -0.39 is 41.7 Å². The van der Waals surface area contributed by atoms with Crippen LogP contribution in [0.1, 0.15) is 40.9 Å². The normalized spacial score (nSPS) is 29.1. The lowest BCUT2D eigenvalue weighted by Crippen LogP contribution is -2.29. The van der Waals surface area contributed by atoms with Crippen LogP contribution in [0.15, 0.2) is 18.3 Å². The molecule has 5 rings (SSSR count). The van der Waals surface area contributed by atoms with E-state index in [1.807, 2.05) is 0 Å². The molecule has 0 amide bonds. The molecule has 4 unspecified atom stereocenters. The standard InChI is InChI=1S/C21H23F3N6O2/c22-11-7-15(23)18(16(24)8-11)28-21-27-17-9-25-20(26-12-1-3-14(31)4-2-12)29-19(17)30(21)13-5-6-32-10-13/h7-9,12-14,31H,1-6,10H2,(H,27,28)(H,25,26,29)/i3D,12D. The number of imidazole rings is 1. The van der Waals surface area contributed by atoms with Gasteiger partial charge in [-0.25, -0.2) is 23.1 Å². The van der Waals surface area contributed by atoms with Gasteiger partial charge in [0.2, 0.25) is 11.9 Å². The summed E-state index contributed by atoms with van der Waals surface area (Å²) in [5.41, 5.74) is 0.162. The lowest BCUT2D eigenvalue weighted by molar-refractivity contribution is 0.126. The van der Waals surface area contributed by atoms with Crippen molar-refractivity contribution in [1.29, 1.82) is 0 Å². The van der Waals surface area contributed by atoms with Gasteiger partial charge in [-0.15, -0.1) is 0 Å². The lowest BCUT2D eigenvalue weighted by atomic mass is 9.93. The third-order valence-electron chi connectivity index (χ3n) is 5.61. The van der Waals surface area contributed by atoms with Gasteiger partial charge in [-0.2, -0.15) is 4.98 Å². The number of anilines is 3. The van der Waals surface area contributed by atoms with E-state index in [0.29, 0.717) is 55.8 Å². The maximum Gasteiger partial charge on any atom is 0.224 e. The first-order valence-corrected chi connectivity index (χ1v) is 10.4. The van der Waals surface area contributed by atoms with E-state index in [1.54, 1.807) is 4.57 Å². The van der Waals surface area contributed by atoms with E-state index in [2.05, 4.69) is 25.6 Å². The maximum atomic E-state index is 14.3. The molecule has 3 aromatic rings. The van der Waals surface area contributed by atoms with Crippen molar-refractivity contribution >= 4 is 28.7 Å². The minimum absolute atomic E-state index is 0.0916. The monoisotopic (exact) mass is 450 g/mol. The zero-order chi connectivity index (χ0) is 24.0. The van der Waals surface area contributed by atoms with Gasteiger partial charge < -0.3 is 20.5 Å². The van der Waals surface area contributed by atoms with Crippen LogP contribution in [0.5, 0.6) is 0 Å². The molecule has 1 aliphatic carbocycles. The smallest absolute Gasteiger partial charge is 0.224 e. The second kappa shape index (κ2) is 8.55. The number of rotatable bonds is 5. The zero-order valence-corrected chi connectivity index (χ0v) is 17.0. The van der Waals surface area contributed by atoms with Crippen molar-refractivity contribution in [2.75, 3.05) is 23.8 Å². The Bertz CT molecular complexity index is 1200. The van der Waals surface area contributed by atoms with Crippen LogP contribution in [-0.2, 0) is 4.74 Å². The third kappa shape index (κ3) is 4.09. The first-order valence-electron chi connectivity index (χ1n) is 11.4. The first kappa shape index (κ1) is 18.6. The van der Waals surface area contributed by atoms with Gasteiger partial charge in [0.05, 0.1) is 26.3 Å². The van der Waals surface area contributed by atoms with Crippen LogP contribution in [0.4, 0.5) is 30.8 Å². The minimum atomic E-state index is -1.22. The molecule has 170 valence electrons. The topological polar surface area (TPSA) is 97.1 Å². The lowest BCUT2D eigenvalue weighted by Gasteiger charge is -2.26. The molecule has 3 N–H and O–H groups in total.